The maximum atomic E-state index is 12.0. The van der Waals surface area contributed by atoms with Gasteiger partial charge in [0.2, 0.25) is 0 Å². The van der Waals surface area contributed by atoms with Gasteiger partial charge in [0, 0.05) is 6.42 Å². The van der Waals surface area contributed by atoms with Gasteiger partial charge in [0.15, 0.2) is 5.92 Å². The van der Waals surface area contributed by atoms with Gasteiger partial charge in [0.1, 0.15) is -0.0619 Å². The lowest BCUT2D eigenvalue weighted by molar-refractivity contribution is -0.161. The Morgan fingerprint density at radius 2 is 0.836 bits per heavy atom. The van der Waals surface area contributed by atoms with Crippen molar-refractivity contribution in [1.82, 2.24) is 0 Å². The van der Waals surface area contributed by atoms with Gasteiger partial charge >= 0.3 is 17.9 Å². The summed E-state index contributed by atoms with van der Waals surface area (Å²) in [6.45, 7) is 23.0. The Balaban J connectivity index is -0.000000678. The maximum absolute atomic E-state index is 12.0. The van der Waals surface area contributed by atoms with Crippen molar-refractivity contribution in [1.29, 1.82) is 0 Å². The molecule has 0 N–H and O–H groups in total. The molecule has 12 heteroatoms. The number of aryl methyl sites for hydroxylation is 6. The van der Waals surface area contributed by atoms with Crippen molar-refractivity contribution in [3.63, 3.8) is 0 Å². The number of hydrogen-bond acceptors (Lipinski definition) is 6. The van der Waals surface area contributed by atoms with Crippen molar-refractivity contribution >= 4 is 153 Å². The van der Waals surface area contributed by atoms with E-state index in [2.05, 4.69) is 207 Å². The van der Waals surface area contributed by atoms with Crippen LogP contribution in [-0.4, -0.2) is 44.5 Å². The Kier molecular flexibility index (Phi) is 42.0. The molecule has 0 heterocycles. The maximum Gasteiger partial charge on any atom is 0.320 e. The smallest absolute Gasteiger partial charge is 0.320 e. The average Bonchev–Trinajstić information content (AvgIpc) is 3.09. The van der Waals surface area contributed by atoms with E-state index in [1.807, 2.05) is 45.0 Å². The van der Waals surface area contributed by atoms with E-state index < -0.39 is 17.9 Å². The number of carbonyl (C=O) groups excluding carboxylic acids is 3. The lowest BCUT2D eigenvalue weighted by Gasteiger charge is -2.17. The second-order valence-electron chi connectivity index (χ2n) is 11.6. The highest BCUT2D eigenvalue weighted by molar-refractivity contribution is 14.3. The molecular weight excluding hydrogens is 1370 g/mol. The van der Waals surface area contributed by atoms with Crippen LogP contribution < -0.4 is 0 Å². The largest absolute Gasteiger partial charge is 0.466 e. The number of rotatable bonds is 11. The van der Waals surface area contributed by atoms with E-state index in [1.54, 1.807) is 13.8 Å². The summed E-state index contributed by atoms with van der Waals surface area (Å²) in [4.78, 5) is 35.1. The van der Waals surface area contributed by atoms with E-state index >= 15 is 0 Å². The Labute approximate surface area is 415 Å². The summed E-state index contributed by atoms with van der Waals surface area (Å²) in [7, 11) is 0. The van der Waals surface area contributed by atoms with Crippen LogP contribution in [0.25, 0.3) is 0 Å². The van der Waals surface area contributed by atoms with Gasteiger partial charge in [-0.1, -0.05) is 204 Å². The van der Waals surface area contributed by atoms with Gasteiger partial charge in [-0.25, -0.2) is 0 Å². The Morgan fingerprint density at radius 3 is 1.11 bits per heavy atom. The second-order valence-corrected chi connectivity index (χ2v) is 28.5. The molecule has 312 valence electrons. The van der Waals surface area contributed by atoms with Gasteiger partial charge in [-0.2, -0.15) is 0 Å². The molecule has 0 fully saturated rings. The highest BCUT2D eigenvalue weighted by Crippen LogP contribution is 2.20. The minimum absolute atomic E-state index is 0.111. The number of alkyl halides is 6. The molecule has 0 radical (unpaired) electrons. The van der Waals surface area contributed by atoms with Crippen LogP contribution in [0.4, 0.5) is 0 Å². The molecule has 0 spiro atoms. The minimum Gasteiger partial charge on any atom is -0.466 e. The molecule has 0 bridgehead atoms. The van der Waals surface area contributed by atoms with E-state index in [-0.39, 0.29) is 19.2 Å². The number of hydrogen-bond donors (Lipinski definition) is 0. The first-order valence-electron chi connectivity index (χ1n) is 18.2. The normalized spacial score (nSPS) is 9.65. The summed E-state index contributed by atoms with van der Waals surface area (Å²) >= 11 is 13.8. The van der Waals surface area contributed by atoms with Gasteiger partial charge in [0.05, 0.1) is 22.3 Å². The van der Waals surface area contributed by atoms with Crippen LogP contribution in [0, 0.1) is 47.5 Å². The summed E-state index contributed by atoms with van der Waals surface area (Å²) in [5, 5.41) is 0. The van der Waals surface area contributed by atoms with Crippen molar-refractivity contribution in [3.8, 4) is 0 Å². The van der Waals surface area contributed by atoms with Crippen LogP contribution in [0.15, 0.2) is 54.6 Å². The quantitative estimate of drug-likeness (QED) is 0.0626. The van der Waals surface area contributed by atoms with E-state index in [9.17, 15) is 14.4 Å². The van der Waals surface area contributed by atoms with Crippen molar-refractivity contribution < 1.29 is 28.6 Å². The van der Waals surface area contributed by atoms with E-state index in [4.69, 9.17) is 14.2 Å². The van der Waals surface area contributed by atoms with Crippen LogP contribution >= 0.6 is 136 Å². The third kappa shape index (κ3) is 30.2. The first-order valence-corrected chi connectivity index (χ1v) is 26.5. The molecule has 6 nitrogen and oxygen atoms in total. The molecule has 0 aliphatic carbocycles. The number of halogens is 6. The zero-order valence-electron chi connectivity index (χ0n) is 34.4. The van der Waals surface area contributed by atoms with Crippen LogP contribution in [0.1, 0.15) is 91.1 Å². The molecule has 3 aromatic carbocycles. The number of esters is 3. The Bertz CT molecular complexity index is 1400. The molecule has 55 heavy (non-hydrogen) atoms. The third-order valence-electron chi connectivity index (χ3n) is 7.72. The van der Waals surface area contributed by atoms with Crippen LogP contribution in [0.2, 0.25) is 0 Å². The number of benzene rings is 3. The molecule has 0 saturated heterocycles. The topological polar surface area (TPSA) is 78.9 Å². The SMILES string of the molecule is CCI.CCOC(=O)C(Cc1c(C)cccc1C)C(=O)OCC.CCOC(=O)CCc1c(C)cccc1C.CCc1c(C)cccc1C.IC(I)I.ICI. The van der Waals surface area contributed by atoms with Crippen molar-refractivity contribution in [3.05, 3.63) is 105 Å². The van der Waals surface area contributed by atoms with Gasteiger partial charge in [0.25, 0.3) is 0 Å². The first kappa shape index (κ1) is 59.8. The average molecular weight is 1440 g/mol. The first-order chi connectivity index (χ1) is 26.0. The number of ether oxygens (including phenoxy) is 3. The Morgan fingerprint density at radius 1 is 0.545 bits per heavy atom. The minimum atomic E-state index is -0.894. The fraction of sp³-hybridized carbons (Fsp3) is 0.512. The van der Waals surface area contributed by atoms with Gasteiger partial charge in [-0.3, -0.25) is 14.4 Å². The monoisotopic (exact) mass is 1440 g/mol. The van der Waals surface area contributed by atoms with Gasteiger partial charge < -0.3 is 14.2 Å². The summed E-state index contributed by atoms with van der Waals surface area (Å²) in [5.41, 5.74) is 11.2. The highest BCUT2D eigenvalue weighted by atomic mass is 127. The molecule has 3 aromatic rings. The lowest BCUT2D eigenvalue weighted by atomic mass is 9.92. The van der Waals surface area contributed by atoms with E-state index in [1.165, 1.54) is 40.2 Å². The van der Waals surface area contributed by atoms with Crippen LogP contribution in [0.3, 0.4) is 0 Å². The van der Waals surface area contributed by atoms with Crippen molar-refractivity contribution in [2.24, 2.45) is 5.92 Å². The Hall–Kier alpha value is 0.450. The highest BCUT2D eigenvalue weighted by Gasteiger charge is 2.30. The molecule has 0 atom stereocenters. The van der Waals surface area contributed by atoms with Gasteiger partial charge in [-0.05, 0) is 136 Å². The molecule has 0 aliphatic heterocycles. The second kappa shape index (κ2) is 38.6. The molecule has 3 rings (SSSR count). The lowest BCUT2D eigenvalue weighted by Crippen LogP contribution is -2.30. The predicted octanol–water partition coefficient (Wildman–Crippen LogP) is 14.1. The fourth-order valence-corrected chi connectivity index (χ4v) is 5.23. The predicted molar refractivity (Wildman–Crippen MR) is 286 cm³/mol. The van der Waals surface area contributed by atoms with Crippen molar-refractivity contribution in [2.45, 2.75) is 102 Å². The molecule has 0 saturated carbocycles. The summed E-state index contributed by atoms with van der Waals surface area (Å²) in [6, 6.07) is 18.5. The molecule has 0 aliphatic rings. The van der Waals surface area contributed by atoms with Crippen LogP contribution in [0.5, 0.6) is 0 Å². The third-order valence-corrected chi connectivity index (χ3v) is 7.72. The zero-order chi connectivity index (χ0) is 42.9. The van der Waals surface area contributed by atoms with Crippen LogP contribution in [-0.2, 0) is 47.9 Å². The number of carbonyl (C=O) groups is 3. The van der Waals surface area contributed by atoms with Crippen molar-refractivity contribution in [2.75, 3.05) is 26.7 Å². The van der Waals surface area contributed by atoms with E-state index in [0.29, 0.717) is 19.4 Å². The molecule has 0 amide bonds. The standard InChI is InChI=1S/C16H22O4.C13H18O2.C10H14.C2H5I.CHI3.CH2I2/c1-5-19-15(17)14(16(18)20-6-2)10-13-11(3)8-7-9-12(13)4;1-4-15-13(14)9-8-12-10(2)6-5-7-11(12)3;1-4-10-8(2)6-5-7-9(10)3;1-2-3;2-1(3)4;2-1-3/h7-9,14H,5-6,10H2,1-4H3;5-7H,4,8-9H2,1-3H3;5-7H,4H2,1-3H3;2H2,1H3;1H;1H2. The van der Waals surface area contributed by atoms with Gasteiger partial charge in [-0.15, -0.1) is 0 Å². The molecule has 0 aromatic heterocycles. The fourth-order valence-electron chi connectivity index (χ4n) is 5.23. The summed E-state index contributed by atoms with van der Waals surface area (Å²) in [6.07, 6.45) is 2.71. The molecular formula is C43H62I6O6. The molecule has 0 unspecified atom stereocenters. The zero-order valence-corrected chi connectivity index (χ0v) is 47.4. The van der Waals surface area contributed by atoms with E-state index in [0.717, 1.165) is 29.5 Å². The summed E-state index contributed by atoms with van der Waals surface area (Å²) < 4.78 is 18.0. The summed E-state index contributed by atoms with van der Waals surface area (Å²) in [5.74, 6) is -2.04.